The Morgan fingerprint density at radius 3 is 2.32 bits per heavy atom. The highest BCUT2D eigenvalue weighted by Crippen LogP contribution is 2.09. The number of aliphatic carboxylic acids is 1. The van der Waals surface area contributed by atoms with Gasteiger partial charge in [0.05, 0.1) is 11.5 Å². The summed E-state index contributed by atoms with van der Waals surface area (Å²) in [6.07, 6.45) is 0. The number of aromatic carboxylic acids is 1. The zero-order valence-corrected chi connectivity index (χ0v) is 10.7. The van der Waals surface area contributed by atoms with Gasteiger partial charge >= 0.3 is 11.9 Å². The van der Waals surface area contributed by atoms with Crippen LogP contribution in [0.1, 0.15) is 27.6 Å². The van der Waals surface area contributed by atoms with E-state index in [1.807, 2.05) is 0 Å². The molecule has 0 heterocycles. The molecule has 0 aliphatic carbocycles. The molecule has 102 valence electrons. The molecule has 1 unspecified atom stereocenters. The predicted molar refractivity (Wildman–Crippen MR) is 67.2 cm³/mol. The molecule has 0 aliphatic heterocycles. The number of benzene rings is 1. The largest absolute Gasteiger partial charge is 0.481 e. The van der Waals surface area contributed by atoms with E-state index in [0.717, 1.165) is 0 Å². The number of nitrogens with zero attached hydrogens (tertiary/aromatic N) is 1. The lowest BCUT2D eigenvalue weighted by Gasteiger charge is -2.19. The van der Waals surface area contributed by atoms with Gasteiger partial charge in [-0.2, -0.15) is 0 Å². The lowest BCUT2D eigenvalue weighted by atomic mass is 10.1. The van der Waals surface area contributed by atoms with Gasteiger partial charge in [-0.05, 0) is 18.2 Å². The van der Waals surface area contributed by atoms with Crippen LogP contribution in [0.4, 0.5) is 0 Å². The maximum atomic E-state index is 12.0. The minimum atomic E-state index is -1.11. The van der Waals surface area contributed by atoms with Gasteiger partial charge < -0.3 is 15.1 Å². The van der Waals surface area contributed by atoms with E-state index in [1.54, 1.807) is 0 Å². The monoisotopic (exact) mass is 265 g/mol. The summed E-state index contributed by atoms with van der Waals surface area (Å²) in [6.45, 7) is 1.56. The molecule has 1 atom stereocenters. The number of hydrogen-bond acceptors (Lipinski definition) is 3. The van der Waals surface area contributed by atoms with Crippen LogP contribution < -0.4 is 0 Å². The number of carboxylic acid groups (broad SMARTS) is 2. The van der Waals surface area contributed by atoms with Crippen LogP contribution in [0.3, 0.4) is 0 Å². The molecule has 0 saturated heterocycles. The highest BCUT2D eigenvalue weighted by atomic mass is 16.4. The van der Waals surface area contributed by atoms with Crippen LogP contribution in [0.2, 0.25) is 0 Å². The average molecular weight is 265 g/mol. The van der Waals surface area contributed by atoms with E-state index in [4.69, 9.17) is 10.2 Å². The molecule has 0 radical (unpaired) electrons. The Balaban J connectivity index is 2.85. The zero-order chi connectivity index (χ0) is 14.6. The van der Waals surface area contributed by atoms with Crippen LogP contribution in [0.15, 0.2) is 24.3 Å². The molecular formula is C13H15NO5. The summed E-state index contributed by atoms with van der Waals surface area (Å²) in [5.41, 5.74) is 0.241. The summed E-state index contributed by atoms with van der Waals surface area (Å²) in [6, 6.07) is 5.63. The van der Waals surface area contributed by atoms with Crippen molar-refractivity contribution < 1.29 is 24.6 Å². The molecule has 6 heteroatoms. The fourth-order valence-electron chi connectivity index (χ4n) is 1.58. The van der Waals surface area contributed by atoms with Crippen LogP contribution in [-0.4, -0.2) is 46.6 Å². The van der Waals surface area contributed by atoms with E-state index in [1.165, 1.54) is 43.1 Å². The van der Waals surface area contributed by atoms with Gasteiger partial charge in [0.2, 0.25) is 0 Å². The standard InChI is InChI=1S/C13H15NO5/c1-8(12(16)17)7-14(2)11(15)9-4-3-5-10(6-9)13(18)19/h3-6,8H,7H2,1-2H3,(H,16,17)(H,18,19). The third-order valence-corrected chi connectivity index (χ3v) is 2.67. The summed E-state index contributed by atoms with van der Waals surface area (Å²) < 4.78 is 0. The molecule has 1 aromatic rings. The van der Waals surface area contributed by atoms with Crippen molar-refractivity contribution in [1.29, 1.82) is 0 Å². The maximum absolute atomic E-state index is 12.0. The molecule has 0 aliphatic rings. The van der Waals surface area contributed by atoms with Crippen molar-refractivity contribution in [3.63, 3.8) is 0 Å². The topological polar surface area (TPSA) is 94.9 Å². The fourth-order valence-corrected chi connectivity index (χ4v) is 1.58. The van der Waals surface area contributed by atoms with Gasteiger partial charge in [0.15, 0.2) is 0 Å². The van der Waals surface area contributed by atoms with Gasteiger partial charge in [-0.15, -0.1) is 0 Å². The number of carbonyl (C=O) groups excluding carboxylic acids is 1. The van der Waals surface area contributed by atoms with Crippen molar-refractivity contribution >= 4 is 17.8 Å². The Labute approximate surface area is 110 Å². The normalized spacial score (nSPS) is 11.7. The molecule has 0 bridgehead atoms. The number of hydrogen-bond donors (Lipinski definition) is 2. The number of amides is 1. The van der Waals surface area contributed by atoms with E-state index in [-0.39, 0.29) is 17.7 Å². The minimum absolute atomic E-state index is 0.0190. The molecule has 0 fully saturated rings. The van der Waals surface area contributed by atoms with E-state index in [2.05, 4.69) is 0 Å². The molecule has 0 spiro atoms. The Morgan fingerprint density at radius 1 is 1.21 bits per heavy atom. The predicted octanol–water partition coefficient (Wildman–Crippen LogP) is 1.18. The van der Waals surface area contributed by atoms with Gasteiger partial charge in [-0.25, -0.2) is 4.79 Å². The number of rotatable bonds is 5. The van der Waals surface area contributed by atoms with Crippen LogP contribution in [0.25, 0.3) is 0 Å². The van der Waals surface area contributed by atoms with Gasteiger partial charge in [0.25, 0.3) is 5.91 Å². The third-order valence-electron chi connectivity index (χ3n) is 2.67. The first-order valence-electron chi connectivity index (χ1n) is 5.64. The molecule has 0 aromatic heterocycles. The van der Waals surface area contributed by atoms with Gasteiger partial charge in [-0.3, -0.25) is 9.59 Å². The van der Waals surface area contributed by atoms with Crippen molar-refractivity contribution in [3.8, 4) is 0 Å². The molecule has 2 N–H and O–H groups in total. The fraction of sp³-hybridized carbons (Fsp3) is 0.308. The molecule has 19 heavy (non-hydrogen) atoms. The first-order valence-corrected chi connectivity index (χ1v) is 5.64. The van der Waals surface area contributed by atoms with Crippen molar-refractivity contribution in [1.82, 2.24) is 4.90 Å². The van der Waals surface area contributed by atoms with Crippen molar-refractivity contribution in [2.24, 2.45) is 5.92 Å². The Hall–Kier alpha value is -2.37. The van der Waals surface area contributed by atoms with Crippen LogP contribution in [-0.2, 0) is 4.79 Å². The zero-order valence-electron chi connectivity index (χ0n) is 10.7. The minimum Gasteiger partial charge on any atom is -0.481 e. The molecule has 1 amide bonds. The molecule has 0 saturated carbocycles. The van der Waals surface area contributed by atoms with Crippen LogP contribution in [0, 0.1) is 5.92 Å². The Morgan fingerprint density at radius 2 is 1.79 bits per heavy atom. The Kier molecular flexibility index (Phi) is 4.63. The SMILES string of the molecule is CC(CN(C)C(=O)c1cccc(C(=O)O)c1)C(=O)O. The molecular weight excluding hydrogens is 250 g/mol. The molecule has 6 nitrogen and oxygen atoms in total. The summed E-state index contributed by atoms with van der Waals surface area (Å²) in [5, 5.41) is 17.6. The van der Waals surface area contributed by atoms with Gasteiger partial charge in [0, 0.05) is 19.2 Å². The molecule has 1 aromatic carbocycles. The summed E-state index contributed by atoms with van der Waals surface area (Å²) >= 11 is 0. The first-order chi connectivity index (χ1) is 8.82. The second-order valence-corrected chi connectivity index (χ2v) is 4.31. The highest BCUT2D eigenvalue weighted by molar-refractivity contribution is 5.97. The van der Waals surface area contributed by atoms with Gasteiger partial charge in [0.1, 0.15) is 0 Å². The van der Waals surface area contributed by atoms with E-state index in [0.29, 0.717) is 0 Å². The van der Waals surface area contributed by atoms with E-state index >= 15 is 0 Å². The maximum Gasteiger partial charge on any atom is 0.335 e. The third kappa shape index (κ3) is 3.80. The number of carbonyl (C=O) groups is 3. The lowest BCUT2D eigenvalue weighted by Crippen LogP contribution is -2.33. The quantitative estimate of drug-likeness (QED) is 0.833. The number of carboxylic acids is 2. The Bertz CT molecular complexity index is 512. The second-order valence-electron chi connectivity index (χ2n) is 4.31. The lowest BCUT2D eigenvalue weighted by molar-refractivity contribution is -0.141. The van der Waals surface area contributed by atoms with E-state index in [9.17, 15) is 14.4 Å². The summed E-state index contributed by atoms with van der Waals surface area (Å²) in [4.78, 5) is 34.8. The van der Waals surface area contributed by atoms with Crippen molar-refractivity contribution in [2.75, 3.05) is 13.6 Å². The van der Waals surface area contributed by atoms with Crippen molar-refractivity contribution in [2.45, 2.75) is 6.92 Å². The van der Waals surface area contributed by atoms with E-state index < -0.39 is 23.8 Å². The second kappa shape index (κ2) is 5.99. The smallest absolute Gasteiger partial charge is 0.335 e. The highest BCUT2D eigenvalue weighted by Gasteiger charge is 2.19. The summed E-state index contributed by atoms with van der Waals surface area (Å²) in [7, 11) is 1.48. The van der Waals surface area contributed by atoms with Crippen LogP contribution >= 0.6 is 0 Å². The van der Waals surface area contributed by atoms with Crippen molar-refractivity contribution in [3.05, 3.63) is 35.4 Å². The van der Waals surface area contributed by atoms with Gasteiger partial charge in [-0.1, -0.05) is 13.0 Å². The molecule has 1 rings (SSSR count). The first kappa shape index (κ1) is 14.7. The van der Waals surface area contributed by atoms with Crippen LogP contribution in [0.5, 0.6) is 0 Å². The average Bonchev–Trinajstić information content (AvgIpc) is 2.37. The summed E-state index contributed by atoms with van der Waals surface area (Å²) in [5.74, 6) is -3.19.